The summed E-state index contributed by atoms with van der Waals surface area (Å²) in [6.07, 6.45) is 8.25. The largest absolute Gasteiger partial charge is 0.354 e. The van der Waals surface area contributed by atoms with E-state index < -0.39 is 47.8 Å². The van der Waals surface area contributed by atoms with Gasteiger partial charge in [0.2, 0.25) is 35.4 Å². The van der Waals surface area contributed by atoms with Crippen LogP contribution in [0.1, 0.15) is 116 Å². The predicted molar refractivity (Wildman–Crippen MR) is 219 cm³/mol. The SMILES string of the molecule is C=C(CC(=O)N[C@@H](CCCCN)C(=O)N[C@@H](CCCCN)C(=O)NCCCCCCNC(=O)[C@H](CCCCN)NC(=O)[C@H](CCCCN)NC(=O)CC(=C)OO)OO. The molecule has 0 aromatic rings. The van der Waals surface area contributed by atoms with E-state index in [1.165, 1.54) is 0 Å². The third kappa shape index (κ3) is 26.6. The van der Waals surface area contributed by atoms with E-state index in [-0.39, 0.29) is 36.2 Å². The number of amides is 6. The number of hydrogen-bond donors (Lipinski definition) is 12. The quantitative estimate of drug-likeness (QED) is 0.0170. The number of carbonyl (C=O) groups excluding carboxylic acids is 6. The van der Waals surface area contributed by atoms with Crippen LogP contribution in [-0.2, 0) is 38.5 Å². The number of nitrogens with two attached hydrogens (primary N) is 4. The van der Waals surface area contributed by atoms with Gasteiger partial charge in [-0.2, -0.15) is 0 Å². The molecule has 58 heavy (non-hydrogen) atoms. The molecule has 0 spiro atoms. The summed E-state index contributed by atoms with van der Waals surface area (Å²) in [6.45, 7) is 9.20. The molecule has 0 radical (unpaired) electrons. The lowest BCUT2D eigenvalue weighted by atomic mass is 10.0. The molecule has 0 aliphatic carbocycles. The summed E-state index contributed by atoms with van der Waals surface area (Å²) in [4.78, 5) is 85.7. The molecule has 0 aromatic carbocycles. The van der Waals surface area contributed by atoms with Gasteiger partial charge in [-0.25, -0.2) is 10.5 Å². The van der Waals surface area contributed by atoms with Crippen LogP contribution >= 0.6 is 0 Å². The van der Waals surface area contributed by atoms with Gasteiger partial charge in [-0.1, -0.05) is 26.0 Å². The maximum Gasteiger partial charge on any atom is 0.243 e. The summed E-state index contributed by atoms with van der Waals surface area (Å²) in [5.41, 5.74) is 22.5. The summed E-state index contributed by atoms with van der Waals surface area (Å²) in [5.74, 6) is -3.30. The molecule has 0 rings (SSSR count). The molecule has 20 heteroatoms. The summed E-state index contributed by atoms with van der Waals surface area (Å²) < 4.78 is 0. The Morgan fingerprint density at radius 3 is 1.00 bits per heavy atom. The Labute approximate surface area is 342 Å². The maximum atomic E-state index is 13.3. The fraction of sp³-hybridized carbons (Fsp3) is 0.737. The van der Waals surface area contributed by atoms with E-state index >= 15 is 0 Å². The fourth-order valence-electron chi connectivity index (χ4n) is 5.78. The molecule has 0 bridgehead atoms. The van der Waals surface area contributed by atoms with Crippen molar-refractivity contribution in [2.75, 3.05) is 39.3 Å². The van der Waals surface area contributed by atoms with Crippen molar-refractivity contribution >= 4 is 35.4 Å². The Hall–Kier alpha value is -4.34. The molecule has 20 nitrogen and oxygen atoms in total. The highest BCUT2D eigenvalue weighted by molar-refractivity contribution is 5.93. The Bertz CT molecular complexity index is 1150. The minimum atomic E-state index is -0.940. The zero-order valence-electron chi connectivity index (χ0n) is 34.2. The highest BCUT2D eigenvalue weighted by Crippen LogP contribution is 2.09. The van der Waals surface area contributed by atoms with Crippen LogP contribution in [0.2, 0.25) is 0 Å². The summed E-state index contributed by atoms with van der Waals surface area (Å²) in [5, 5.41) is 34.0. The van der Waals surface area contributed by atoms with Crippen LogP contribution in [-0.4, -0.2) is 109 Å². The van der Waals surface area contributed by atoms with Crippen molar-refractivity contribution in [1.29, 1.82) is 0 Å². The van der Waals surface area contributed by atoms with E-state index in [1.807, 2.05) is 0 Å². The third-order valence-corrected chi connectivity index (χ3v) is 9.03. The molecule has 0 fully saturated rings. The summed E-state index contributed by atoms with van der Waals surface area (Å²) in [6, 6.07) is -3.58. The van der Waals surface area contributed by atoms with Gasteiger partial charge in [0, 0.05) is 13.1 Å². The molecular formula is C38H72N10O10. The number of unbranched alkanes of at least 4 members (excludes halogenated alkanes) is 7. The van der Waals surface area contributed by atoms with Crippen LogP contribution in [0.25, 0.3) is 0 Å². The second-order valence-electron chi connectivity index (χ2n) is 14.1. The standard InChI is InChI=1S/C38H72N10O10/c1-27(57-55)25-33(49)45-31(17-7-11-21-41)37(53)47-29(15-5-9-19-39)35(51)43-23-13-3-4-14-24-44-36(52)30(16-6-10-20-40)48-38(54)32(18-8-12-22-42)46-34(50)26-28(2)58-56/h29-32,55-56H,1-26,39-42H2,(H,43,51)(H,44,52)(H,45,49)(H,46,50)(H,47,53)(H,48,54)/t29-,30-,31-,32-/m0/s1. The van der Waals surface area contributed by atoms with Crippen LogP contribution in [0.15, 0.2) is 24.7 Å². The van der Waals surface area contributed by atoms with Crippen LogP contribution in [0, 0.1) is 0 Å². The molecule has 0 unspecified atom stereocenters. The Morgan fingerprint density at radius 1 is 0.431 bits per heavy atom. The molecular weight excluding hydrogens is 756 g/mol. The second kappa shape index (κ2) is 34.7. The van der Waals surface area contributed by atoms with E-state index in [0.29, 0.717) is 129 Å². The topological polar surface area (TPSA) is 338 Å². The van der Waals surface area contributed by atoms with Gasteiger partial charge in [0.15, 0.2) is 0 Å². The first-order chi connectivity index (χ1) is 27.9. The molecule has 334 valence electrons. The normalized spacial score (nSPS) is 12.9. The van der Waals surface area contributed by atoms with Crippen molar-refractivity contribution in [3.8, 4) is 0 Å². The van der Waals surface area contributed by atoms with Gasteiger partial charge in [0.25, 0.3) is 0 Å². The molecule has 0 aliphatic rings. The predicted octanol–water partition coefficient (Wildman–Crippen LogP) is 0.0212. The molecule has 0 aliphatic heterocycles. The van der Waals surface area contributed by atoms with E-state index in [4.69, 9.17) is 33.4 Å². The molecule has 0 saturated heterocycles. The smallest absolute Gasteiger partial charge is 0.243 e. The van der Waals surface area contributed by atoms with Crippen LogP contribution < -0.4 is 54.8 Å². The van der Waals surface area contributed by atoms with Gasteiger partial charge in [-0.05, 0) is 116 Å². The van der Waals surface area contributed by atoms with Crippen LogP contribution in [0.4, 0.5) is 0 Å². The first-order valence-corrected chi connectivity index (χ1v) is 20.4. The monoisotopic (exact) mass is 829 g/mol. The van der Waals surface area contributed by atoms with Crippen molar-refractivity contribution in [2.24, 2.45) is 22.9 Å². The first kappa shape index (κ1) is 53.7. The highest BCUT2D eigenvalue weighted by atomic mass is 17.1. The Balaban J connectivity index is 5.13. The Morgan fingerprint density at radius 2 is 0.724 bits per heavy atom. The average Bonchev–Trinajstić information content (AvgIpc) is 3.19. The van der Waals surface area contributed by atoms with Gasteiger partial charge in [-0.3, -0.25) is 28.8 Å². The lowest BCUT2D eigenvalue weighted by Crippen LogP contribution is -2.54. The molecule has 0 saturated carbocycles. The molecule has 0 aromatic heterocycles. The fourth-order valence-corrected chi connectivity index (χ4v) is 5.78. The number of carbonyl (C=O) groups is 6. The zero-order valence-corrected chi connectivity index (χ0v) is 34.2. The first-order valence-electron chi connectivity index (χ1n) is 20.4. The highest BCUT2D eigenvalue weighted by Gasteiger charge is 2.28. The van der Waals surface area contributed by atoms with Crippen molar-refractivity contribution in [3.63, 3.8) is 0 Å². The van der Waals surface area contributed by atoms with Gasteiger partial charge in [0.1, 0.15) is 35.7 Å². The van der Waals surface area contributed by atoms with Crippen LogP contribution in [0.5, 0.6) is 0 Å². The van der Waals surface area contributed by atoms with E-state index in [9.17, 15) is 28.8 Å². The van der Waals surface area contributed by atoms with Crippen molar-refractivity contribution in [3.05, 3.63) is 24.7 Å². The molecule has 6 amide bonds. The minimum absolute atomic E-state index is 0.185. The lowest BCUT2D eigenvalue weighted by Gasteiger charge is -2.23. The molecule has 0 heterocycles. The number of nitrogens with one attached hydrogen (secondary N) is 6. The number of hydrogen-bond acceptors (Lipinski definition) is 14. The summed E-state index contributed by atoms with van der Waals surface area (Å²) in [7, 11) is 0. The zero-order chi connectivity index (χ0) is 43.6. The molecule has 16 N–H and O–H groups in total. The number of rotatable bonds is 37. The van der Waals surface area contributed by atoms with E-state index in [1.54, 1.807) is 0 Å². The van der Waals surface area contributed by atoms with Crippen molar-refractivity contribution in [1.82, 2.24) is 31.9 Å². The average molecular weight is 829 g/mol. The minimum Gasteiger partial charge on any atom is -0.354 e. The van der Waals surface area contributed by atoms with Gasteiger partial charge >= 0.3 is 0 Å². The van der Waals surface area contributed by atoms with Gasteiger partial charge in [0.05, 0.1) is 12.8 Å². The third-order valence-electron chi connectivity index (χ3n) is 9.03. The Kier molecular flexibility index (Phi) is 32.1. The summed E-state index contributed by atoms with van der Waals surface area (Å²) >= 11 is 0. The second-order valence-corrected chi connectivity index (χ2v) is 14.1. The van der Waals surface area contributed by atoms with Crippen molar-refractivity contribution < 1.29 is 49.1 Å². The molecule has 4 atom stereocenters. The maximum absolute atomic E-state index is 13.3. The van der Waals surface area contributed by atoms with Crippen molar-refractivity contribution in [2.45, 2.75) is 140 Å². The van der Waals surface area contributed by atoms with Gasteiger partial charge < -0.3 is 64.6 Å². The lowest BCUT2D eigenvalue weighted by molar-refractivity contribution is -0.205. The van der Waals surface area contributed by atoms with E-state index in [0.717, 1.165) is 12.8 Å². The van der Waals surface area contributed by atoms with E-state index in [2.05, 4.69) is 54.8 Å². The van der Waals surface area contributed by atoms with Crippen LogP contribution in [0.3, 0.4) is 0 Å². The van der Waals surface area contributed by atoms with Gasteiger partial charge in [-0.15, -0.1) is 0 Å².